The van der Waals surface area contributed by atoms with Gasteiger partial charge in [-0.1, -0.05) is 18.2 Å². The van der Waals surface area contributed by atoms with Gasteiger partial charge < -0.3 is 5.32 Å². The third-order valence-corrected chi connectivity index (χ3v) is 4.60. The highest BCUT2D eigenvalue weighted by Crippen LogP contribution is 2.24. The van der Waals surface area contributed by atoms with Gasteiger partial charge in [-0.2, -0.15) is 0 Å². The first-order chi connectivity index (χ1) is 12.2. The van der Waals surface area contributed by atoms with Crippen LogP contribution in [0.3, 0.4) is 0 Å². The molecule has 0 spiro atoms. The van der Waals surface area contributed by atoms with Crippen molar-refractivity contribution < 1.29 is 9.18 Å². The summed E-state index contributed by atoms with van der Waals surface area (Å²) in [6, 6.07) is 17.7. The summed E-state index contributed by atoms with van der Waals surface area (Å²) < 4.78 is 13.1. The third-order valence-electron chi connectivity index (χ3n) is 3.52. The van der Waals surface area contributed by atoms with Crippen molar-refractivity contribution >= 4 is 23.4 Å². The minimum atomic E-state index is -0.333. The average molecular weight is 352 g/mol. The number of hydrogen-bond donors (Lipinski definition) is 1. The Morgan fingerprint density at radius 1 is 1.04 bits per heavy atom. The van der Waals surface area contributed by atoms with Crippen LogP contribution in [-0.4, -0.2) is 10.9 Å². The molecule has 3 rings (SSSR count). The predicted octanol–water partition coefficient (Wildman–Crippen LogP) is 4.69. The molecular weight excluding hydrogens is 335 g/mol. The highest BCUT2D eigenvalue weighted by Gasteiger charge is 2.05. The fraction of sp³-hybridized carbons (Fsp3) is 0.100. The molecule has 25 heavy (non-hydrogen) atoms. The van der Waals surface area contributed by atoms with Crippen LogP contribution in [0.5, 0.6) is 0 Å². The summed E-state index contributed by atoms with van der Waals surface area (Å²) in [6.07, 6.45) is 3.76. The van der Waals surface area contributed by atoms with Gasteiger partial charge in [0.15, 0.2) is 0 Å². The molecular formula is C20H17FN2OS. The van der Waals surface area contributed by atoms with E-state index in [4.69, 9.17) is 0 Å². The smallest absolute Gasteiger partial charge is 0.228 e. The molecule has 0 bridgehead atoms. The van der Waals surface area contributed by atoms with Crippen LogP contribution in [0.15, 0.2) is 78.0 Å². The number of thioether (sulfide) groups is 1. The normalized spacial score (nSPS) is 10.4. The fourth-order valence-electron chi connectivity index (χ4n) is 2.32. The maximum atomic E-state index is 13.1. The maximum Gasteiger partial charge on any atom is 0.228 e. The van der Waals surface area contributed by atoms with Crippen LogP contribution in [0, 0.1) is 5.82 Å². The van der Waals surface area contributed by atoms with Crippen LogP contribution in [0.2, 0.25) is 0 Å². The number of nitrogens with one attached hydrogen (secondary N) is 1. The number of halogens is 1. The topological polar surface area (TPSA) is 42.0 Å². The van der Waals surface area contributed by atoms with Crippen molar-refractivity contribution in [1.82, 2.24) is 4.98 Å². The zero-order chi connectivity index (χ0) is 17.5. The summed E-state index contributed by atoms with van der Waals surface area (Å²) in [6.45, 7) is 0. The van der Waals surface area contributed by atoms with E-state index < -0.39 is 0 Å². The molecule has 1 amide bonds. The van der Waals surface area contributed by atoms with Crippen LogP contribution in [0.25, 0.3) is 0 Å². The second-order valence-electron chi connectivity index (χ2n) is 5.53. The van der Waals surface area contributed by atoms with Gasteiger partial charge in [-0.25, -0.2) is 4.39 Å². The Kier molecular flexibility index (Phi) is 5.80. The first kappa shape index (κ1) is 17.2. The van der Waals surface area contributed by atoms with Crippen molar-refractivity contribution in [2.24, 2.45) is 0 Å². The van der Waals surface area contributed by atoms with Gasteiger partial charge in [-0.15, -0.1) is 11.8 Å². The molecule has 0 saturated heterocycles. The number of aromatic nitrogens is 1. The molecule has 0 aliphatic carbocycles. The average Bonchev–Trinajstić information content (AvgIpc) is 2.62. The molecule has 2 aromatic carbocycles. The molecule has 1 aromatic heterocycles. The highest BCUT2D eigenvalue weighted by molar-refractivity contribution is 7.98. The van der Waals surface area contributed by atoms with Crippen molar-refractivity contribution in [1.29, 1.82) is 0 Å². The molecule has 0 atom stereocenters. The minimum absolute atomic E-state index is 0.148. The number of carbonyl (C=O) groups is 1. The van der Waals surface area contributed by atoms with E-state index in [0.717, 1.165) is 16.3 Å². The van der Waals surface area contributed by atoms with Crippen molar-refractivity contribution in [3.05, 3.63) is 90.0 Å². The number of carbonyl (C=O) groups excluding carboxylic acids is 1. The molecule has 1 N–H and O–H groups in total. The van der Waals surface area contributed by atoms with Crippen molar-refractivity contribution in [2.75, 3.05) is 5.32 Å². The number of pyridine rings is 1. The Bertz CT molecular complexity index is 838. The van der Waals surface area contributed by atoms with Gasteiger partial charge in [0, 0.05) is 28.7 Å². The van der Waals surface area contributed by atoms with Gasteiger partial charge in [-0.05, 0) is 53.6 Å². The number of rotatable bonds is 6. The molecule has 0 aliphatic heterocycles. The van der Waals surface area contributed by atoms with Gasteiger partial charge in [0.2, 0.25) is 5.91 Å². The molecule has 3 nitrogen and oxygen atoms in total. The Labute approximate surface area is 150 Å². The van der Waals surface area contributed by atoms with Crippen LogP contribution in [0.4, 0.5) is 10.1 Å². The lowest BCUT2D eigenvalue weighted by atomic mass is 10.1. The van der Waals surface area contributed by atoms with Crippen molar-refractivity contribution in [3.63, 3.8) is 0 Å². The van der Waals surface area contributed by atoms with E-state index in [0.29, 0.717) is 5.56 Å². The predicted molar refractivity (Wildman–Crippen MR) is 99.0 cm³/mol. The summed E-state index contributed by atoms with van der Waals surface area (Å²) in [5.41, 5.74) is 2.55. The number of amides is 1. The van der Waals surface area contributed by atoms with E-state index in [-0.39, 0.29) is 18.1 Å². The maximum absolute atomic E-state index is 13.1. The van der Waals surface area contributed by atoms with Gasteiger partial charge in [0.1, 0.15) is 5.82 Å². The first-order valence-corrected chi connectivity index (χ1v) is 8.84. The molecule has 0 fully saturated rings. The first-order valence-electron chi connectivity index (χ1n) is 7.85. The Hall–Kier alpha value is -2.66. The fourth-order valence-corrected chi connectivity index (χ4v) is 3.15. The summed E-state index contributed by atoms with van der Waals surface area (Å²) >= 11 is 1.71. The van der Waals surface area contributed by atoms with Gasteiger partial charge in [-0.3, -0.25) is 9.78 Å². The second kappa shape index (κ2) is 8.44. The van der Waals surface area contributed by atoms with Crippen LogP contribution in [0.1, 0.15) is 11.1 Å². The van der Waals surface area contributed by atoms with Gasteiger partial charge >= 0.3 is 0 Å². The van der Waals surface area contributed by atoms with E-state index in [2.05, 4.69) is 10.3 Å². The molecule has 3 aromatic rings. The third kappa shape index (κ3) is 5.43. The van der Waals surface area contributed by atoms with Crippen molar-refractivity contribution in [3.8, 4) is 0 Å². The number of benzene rings is 2. The summed E-state index contributed by atoms with van der Waals surface area (Å²) in [7, 11) is 0. The van der Waals surface area contributed by atoms with E-state index in [1.165, 1.54) is 17.7 Å². The number of nitrogens with zero attached hydrogens (tertiary/aromatic N) is 1. The van der Waals surface area contributed by atoms with E-state index in [9.17, 15) is 9.18 Å². The quantitative estimate of drug-likeness (QED) is 0.654. The zero-order valence-electron chi connectivity index (χ0n) is 13.5. The van der Waals surface area contributed by atoms with E-state index in [1.54, 1.807) is 30.1 Å². The molecule has 0 radical (unpaired) electrons. The minimum Gasteiger partial charge on any atom is -0.326 e. The van der Waals surface area contributed by atoms with Crippen LogP contribution >= 0.6 is 11.8 Å². The zero-order valence-corrected chi connectivity index (χ0v) is 14.3. The monoisotopic (exact) mass is 352 g/mol. The van der Waals surface area contributed by atoms with Crippen molar-refractivity contribution in [2.45, 2.75) is 17.1 Å². The highest BCUT2D eigenvalue weighted by atomic mass is 32.2. The van der Waals surface area contributed by atoms with E-state index >= 15 is 0 Å². The summed E-state index contributed by atoms with van der Waals surface area (Å²) in [4.78, 5) is 17.3. The van der Waals surface area contributed by atoms with Gasteiger partial charge in [0.25, 0.3) is 0 Å². The number of anilines is 1. The standard InChI is InChI=1S/C20H17FN2OS/c21-17-5-1-3-15(11-17)12-20(24)23-18-6-8-19(9-7-18)25-14-16-4-2-10-22-13-16/h1-11,13H,12,14H2,(H,23,24). The SMILES string of the molecule is O=C(Cc1cccc(F)c1)Nc1ccc(SCc2cccnc2)cc1. The lowest BCUT2D eigenvalue weighted by molar-refractivity contribution is -0.115. The Balaban J connectivity index is 1.52. The second-order valence-corrected chi connectivity index (χ2v) is 6.58. The lowest BCUT2D eigenvalue weighted by Crippen LogP contribution is -2.14. The molecule has 5 heteroatoms. The lowest BCUT2D eigenvalue weighted by Gasteiger charge is -2.07. The van der Waals surface area contributed by atoms with E-state index in [1.807, 2.05) is 42.6 Å². The Morgan fingerprint density at radius 2 is 1.84 bits per heavy atom. The molecule has 1 heterocycles. The van der Waals surface area contributed by atoms with Crippen LogP contribution in [-0.2, 0) is 17.0 Å². The molecule has 0 aliphatic rings. The molecule has 126 valence electrons. The largest absolute Gasteiger partial charge is 0.326 e. The van der Waals surface area contributed by atoms with Gasteiger partial charge in [0.05, 0.1) is 6.42 Å². The summed E-state index contributed by atoms with van der Waals surface area (Å²) in [5.74, 6) is 0.348. The summed E-state index contributed by atoms with van der Waals surface area (Å²) in [5, 5.41) is 2.83. The number of hydrogen-bond acceptors (Lipinski definition) is 3. The van der Waals surface area contributed by atoms with Crippen LogP contribution < -0.4 is 5.32 Å². The Morgan fingerprint density at radius 3 is 2.56 bits per heavy atom. The molecule has 0 unspecified atom stereocenters. The molecule has 0 saturated carbocycles.